The number of carbonyl (C=O) groups excluding carboxylic acids is 3. The summed E-state index contributed by atoms with van der Waals surface area (Å²) in [7, 11) is 0. The van der Waals surface area contributed by atoms with Crippen molar-refractivity contribution in [1.29, 1.82) is 0 Å². The van der Waals surface area contributed by atoms with Crippen molar-refractivity contribution in [2.75, 3.05) is 19.6 Å². The lowest BCUT2D eigenvalue weighted by Gasteiger charge is -2.33. The van der Waals surface area contributed by atoms with Crippen molar-refractivity contribution in [2.24, 2.45) is 0 Å². The van der Waals surface area contributed by atoms with Crippen LogP contribution in [-0.4, -0.2) is 59.2 Å². The lowest BCUT2D eigenvalue weighted by atomic mass is 10.0. The molecule has 134 valence electrons. The summed E-state index contributed by atoms with van der Waals surface area (Å²) in [6.07, 6.45) is 1.65. The van der Waals surface area contributed by atoms with E-state index in [1.807, 2.05) is 0 Å². The van der Waals surface area contributed by atoms with Gasteiger partial charge in [-0.3, -0.25) is 19.3 Å². The van der Waals surface area contributed by atoms with Gasteiger partial charge in [0.15, 0.2) is 0 Å². The second-order valence-corrected chi connectivity index (χ2v) is 6.47. The van der Waals surface area contributed by atoms with Crippen LogP contribution < -0.4 is 5.32 Å². The average Bonchev–Trinajstić information content (AvgIpc) is 2.88. The minimum absolute atomic E-state index is 0.107. The van der Waals surface area contributed by atoms with Gasteiger partial charge in [-0.25, -0.2) is 4.39 Å². The number of nitrogens with one attached hydrogen (secondary N) is 1. The van der Waals surface area contributed by atoms with Gasteiger partial charge in [0.05, 0.1) is 12.5 Å². The quantitative estimate of drug-likeness (QED) is 0.830. The molecule has 2 aliphatic rings. The van der Waals surface area contributed by atoms with E-state index in [9.17, 15) is 18.8 Å². The Hall–Kier alpha value is -2.28. The maximum atomic E-state index is 13.0. The number of imide groups is 1. The van der Waals surface area contributed by atoms with Crippen LogP contribution in [-0.2, 0) is 9.59 Å². The molecule has 3 amide bonds. The predicted octanol–water partition coefficient (Wildman–Crippen LogP) is 1.17. The Labute approximate surface area is 146 Å². The summed E-state index contributed by atoms with van der Waals surface area (Å²) in [6, 6.07) is 5.20. The van der Waals surface area contributed by atoms with Gasteiger partial charge in [-0.15, -0.1) is 0 Å². The fourth-order valence-electron chi connectivity index (χ4n) is 3.45. The molecule has 1 N–H and O–H groups in total. The molecule has 0 saturated carbocycles. The maximum Gasteiger partial charge on any atom is 0.253 e. The van der Waals surface area contributed by atoms with Crippen LogP contribution in [0.4, 0.5) is 4.39 Å². The number of hydrogen-bond acceptors (Lipinski definition) is 4. The topological polar surface area (TPSA) is 69.7 Å². The van der Waals surface area contributed by atoms with Gasteiger partial charge >= 0.3 is 0 Å². The number of carbonyl (C=O) groups is 3. The second-order valence-electron chi connectivity index (χ2n) is 6.47. The van der Waals surface area contributed by atoms with E-state index in [1.54, 1.807) is 11.8 Å². The average molecular weight is 347 g/mol. The molecule has 6 nitrogen and oxygen atoms in total. The van der Waals surface area contributed by atoms with Crippen LogP contribution >= 0.6 is 0 Å². The van der Waals surface area contributed by atoms with Gasteiger partial charge in [0.1, 0.15) is 5.82 Å². The van der Waals surface area contributed by atoms with E-state index in [-0.39, 0.29) is 36.0 Å². The third kappa shape index (κ3) is 3.71. The van der Waals surface area contributed by atoms with E-state index in [2.05, 4.69) is 5.32 Å². The number of halogens is 1. The molecule has 0 spiro atoms. The first-order valence-corrected chi connectivity index (χ1v) is 8.64. The van der Waals surface area contributed by atoms with Gasteiger partial charge in [-0.2, -0.15) is 0 Å². The maximum absolute atomic E-state index is 13.0. The first-order chi connectivity index (χ1) is 12.0. The smallest absolute Gasteiger partial charge is 0.253 e. The van der Waals surface area contributed by atoms with Gasteiger partial charge in [0.2, 0.25) is 11.8 Å². The molecule has 0 aromatic heterocycles. The summed E-state index contributed by atoms with van der Waals surface area (Å²) < 4.78 is 13.0. The summed E-state index contributed by atoms with van der Waals surface area (Å²) in [5.41, 5.74) is 0.475. The SMILES string of the molecule is CCN1C(=O)C[C@@H](NC2CCN(C(=O)c3ccc(F)cc3)CC2)C1=O. The van der Waals surface area contributed by atoms with Crippen LogP contribution in [0.3, 0.4) is 0 Å². The summed E-state index contributed by atoms with van der Waals surface area (Å²) in [4.78, 5) is 39.4. The summed E-state index contributed by atoms with van der Waals surface area (Å²) in [5, 5.41) is 3.27. The number of rotatable bonds is 4. The van der Waals surface area contributed by atoms with Crippen molar-refractivity contribution in [3.63, 3.8) is 0 Å². The van der Waals surface area contributed by atoms with E-state index < -0.39 is 6.04 Å². The lowest BCUT2D eigenvalue weighted by molar-refractivity contribution is -0.138. The number of likely N-dealkylation sites (N-methyl/N-ethyl adjacent to an activating group) is 1. The van der Waals surface area contributed by atoms with Gasteiger partial charge < -0.3 is 10.2 Å². The molecular weight excluding hydrogens is 325 g/mol. The van der Waals surface area contributed by atoms with Crippen LogP contribution in [0.15, 0.2) is 24.3 Å². The summed E-state index contributed by atoms with van der Waals surface area (Å²) in [5.74, 6) is -0.759. The zero-order valence-electron chi connectivity index (χ0n) is 14.2. The van der Waals surface area contributed by atoms with Crippen LogP contribution in [0.25, 0.3) is 0 Å². The molecule has 0 radical (unpaired) electrons. The first kappa shape index (κ1) is 17.5. The van der Waals surface area contributed by atoms with Crippen LogP contribution in [0.5, 0.6) is 0 Å². The first-order valence-electron chi connectivity index (χ1n) is 8.64. The number of piperidine rings is 1. The number of benzene rings is 1. The zero-order valence-corrected chi connectivity index (χ0v) is 14.2. The molecule has 7 heteroatoms. The Morgan fingerprint density at radius 2 is 1.84 bits per heavy atom. The Morgan fingerprint density at radius 1 is 1.20 bits per heavy atom. The number of amides is 3. The molecule has 0 unspecified atom stereocenters. The fraction of sp³-hybridized carbons (Fsp3) is 0.500. The third-order valence-electron chi connectivity index (χ3n) is 4.87. The second kappa shape index (κ2) is 7.31. The Kier molecular flexibility index (Phi) is 5.13. The van der Waals surface area contributed by atoms with Crippen LogP contribution in [0, 0.1) is 5.82 Å². The Balaban J connectivity index is 1.52. The molecule has 2 heterocycles. The molecule has 25 heavy (non-hydrogen) atoms. The molecule has 1 aromatic rings. The Morgan fingerprint density at radius 3 is 2.40 bits per heavy atom. The molecule has 1 aromatic carbocycles. The van der Waals surface area contributed by atoms with Crippen molar-refractivity contribution >= 4 is 17.7 Å². The van der Waals surface area contributed by atoms with Crippen molar-refractivity contribution in [3.05, 3.63) is 35.6 Å². The van der Waals surface area contributed by atoms with E-state index in [0.717, 1.165) is 12.8 Å². The molecule has 0 bridgehead atoms. The number of hydrogen-bond donors (Lipinski definition) is 1. The summed E-state index contributed by atoms with van der Waals surface area (Å²) >= 11 is 0. The highest BCUT2D eigenvalue weighted by Gasteiger charge is 2.39. The lowest BCUT2D eigenvalue weighted by Crippen LogP contribution is -2.49. The highest BCUT2D eigenvalue weighted by atomic mass is 19.1. The predicted molar refractivity (Wildman–Crippen MR) is 89.3 cm³/mol. The minimum Gasteiger partial charge on any atom is -0.339 e. The van der Waals surface area contributed by atoms with E-state index in [0.29, 0.717) is 25.2 Å². The number of likely N-dealkylation sites (tertiary alicyclic amines) is 2. The van der Waals surface area contributed by atoms with Crippen molar-refractivity contribution < 1.29 is 18.8 Å². The van der Waals surface area contributed by atoms with Gasteiger partial charge in [-0.05, 0) is 44.0 Å². The minimum atomic E-state index is -0.447. The largest absolute Gasteiger partial charge is 0.339 e. The fourth-order valence-corrected chi connectivity index (χ4v) is 3.45. The van der Waals surface area contributed by atoms with E-state index in [4.69, 9.17) is 0 Å². The summed E-state index contributed by atoms with van der Waals surface area (Å²) in [6.45, 7) is 3.33. The van der Waals surface area contributed by atoms with Crippen LogP contribution in [0.1, 0.15) is 36.5 Å². The van der Waals surface area contributed by atoms with Gasteiger partial charge in [-0.1, -0.05) is 0 Å². The van der Waals surface area contributed by atoms with E-state index >= 15 is 0 Å². The molecule has 2 aliphatic heterocycles. The molecule has 2 saturated heterocycles. The third-order valence-corrected chi connectivity index (χ3v) is 4.87. The molecular formula is C18H22FN3O3. The van der Waals surface area contributed by atoms with E-state index in [1.165, 1.54) is 29.2 Å². The Bertz CT molecular complexity index is 669. The molecule has 3 rings (SSSR count). The zero-order chi connectivity index (χ0) is 18.0. The molecule has 1 atom stereocenters. The van der Waals surface area contributed by atoms with Crippen molar-refractivity contribution in [1.82, 2.24) is 15.1 Å². The highest BCUT2D eigenvalue weighted by Crippen LogP contribution is 2.18. The highest BCUT2D eigenvalue weighted by molar-refractivity contribution is 6.05. The van der Waals surface area contributed by atoms with Crippen molar-refractivity contribution in [2.45, 2.75) is 38.3 Å². The van der Waals surface area contributed by atoms with Gasteiger partial charge in [0.25, 0.3) is 5.91 Å². The molecule has 0 aliphatic carbocycles. The standard InChI is InChI=1S/C18H22FN3O3/c1-2-22-16(23)11-15(18(22)25)20-14-7-9-21(10-8-14)17(24)12-3-5-13(19)6-4-12/h3-6,14-15,20H,2,7-11H2,1H3/t15-/m1/s1. The monoisotopic (exact) mass is 347 g/mol. The van der Waals surface area contributed by atoms with Gasteiger partial charge in [0, 0.05) is 31.2 Å². The molecule has 2 fully saturated rings. The van der Waals surface area contributed by atoms with Crippen molar-refractivity contribution in [3.8, 4) is 0 Å². The number of nitrogens with zero attached hydrogens (tertiary/aromatic N) is 2. The normalized spacial score (nSPS) is 21.9. The van der Waals surface area contributed by atoms with Crippen LogP contribution in [0.2, 0.25) is 0 Å².